The van der Waals surface area contributed by atoms with Gasteiger partial charge in [-0.15, -0.1) is 0 Å². The molecule has 1 N–H and O–H groups in total. The molecule has 21 heavy (non-hydrogen) atoms. The molecule has 0 radical (unpaired) electrons. The van der Waals surface area contributed by atoms with Crippen LogP contribution in [0, 0.1) is 11.7 Å². The first-order valence-electron chi connectivity index (χ1n) is 7.33. The van der Waals surface area contributed by atoms with Crippen molar-refractivity contribution in [3.05, 3.63) is 65.5 Å². The maximum Gasteiger partial charge on any atom is 0.123 e. The van der Waals surface area contributed by atoms with Crippen molar-refractivity contribution in [2.45, 2.75) is 18.8 Å². The van der Waals surface area contributed by atoms with E-state index in [-0.39, 0.29) is 18.3 Å². The van der Waals surface area contributed by atoms with Crippen molar-refractivity contribution in [2.24, 2.45) is 5.92 Å². The summed E-state index contributed by atoms with van der Waals surface area (Å²) < 4.78 is 18.6. The van der Waals surface area contributed by atoms with Gasteiger partial charge in [-0.25, -0.2) is 4.39 Å². The fraction of sp³-hybridized carbons (Fsp3) is 0.333. The van der Waals surface area contributed by atoms with E-state index in [2.05, 4.69) is 6.07 Å². The number of benzene rings is 2. The van der Waals surface area contributed by atoms with Crippen molar-refractivity contribution in [2.75, 3.05) is 13.2 Å². The molecule has 2 atom stereocenters. The second-order valence-electron chi connectivity index (χ2n) is 5.66. The molecule has 1 aliphatic rings. The van der Waals surface area contributed by atoms with E-state index in [4.69, 9.17) is 4.74 Å². The van der Waals surface area contributed by atoms with Crippen LogP contribution < -0.4 is 4.74 Å². The van der Waals surface area contributed by atoms with E-state index in [0.29, 0.717) is 12.5 Å². The van der Waals surface area contributed by atoms with Gasteiger partial charge in [0.05, 0.1) is 6.61 Å². The van der Waals surface area contributed by atoms with Crippen LogP contribution in [-0.4, -0.2) is 18.3 Å². The first-order chi connectivity index (χ1) is 10.3. The molecule has 1 heterocycles. The van der Waals surface area contributed by atoms with Crippen LogP contribution in [0.4, 0.5) is 4.39 Å². The standard InChI is InChI=1S/C18H19FO2/c19-16-7-5-13(6-8-16)9-14(11-20)10-15-12-21-18-4-2-1-3-17(15)18/h1-8,14-15,20H,9-12H2. The minimum absolute atomic E-state index is 0.135. The van der Waals surface area contributed by atoms with E-state index >= 15 is 0 Å². The van der Waals surface area contributed by atoms with Gasteiger partial charge in [0.15, 0.2) is 0 Å². The molecule has 0 saturated heterocycles. The van der Waals surface area contributed by atoms with E-state index in [9.17, 15) is 9.50 Å². The fourth-order valence-electron chi connectivity index (χ4n) is 3.00. The number of para-hydroxylation sites is 1. The van der Waals surface area contributed by atoms with Crippen LogP contribution in [0.25, 0.3) is 0 Å². The van der Waals surface area contributed by atoms with Crippen molar-refractivity contribution < 1.29 is 14.2 Å². The Morgan fingerprint density at radius 2 is 1.90 bits per heavy atom. The largest absolute Gasteiger partial charge is 0.493 e. The summed E-state index contributed by atoms with van der Waals surface area (Å²) in [4.78, 5) is 0. The zero-order valence-corrected chi connectivity index (χ0v) is 11.8. The summed E-state index contributed by atoms with van der Waals surface area (Å²) in [5.74, 6) is 1.23. The van der Waals surface area contributed by atoms with E-state index in [0.717, 1.165) is 24.2 Å². The molecule has 1 aliphatic heterocycles. The van der Waals surface area contributed by atoms with Gasteiger partial charge < -0.3 is 9.84 Å². The lowest BCUT2D eigenvalue weighted by Gasteiger charge is -2.18. The number of fused-ring (bicyclic) bond motifs is 1. The van der Waals surface area contributed by atoms with Gasteiger partial charge in [0.25, 0.3) is 0 Å². The lowest BCUT2D eigenvalue weighted by atomic mass is 9.87. The second-order valence-corrected chi connectivity index (χ2v) is 5.66. The SMILES string of the molecule is OCC(Cc1ccc(F)cc1)CC1COc2ccccc21. The number of ether oxygens (including phenoxy) is 1. The molecular weight excluding hydrogens is 267 g/mol. The van der Waals surface area contributed by atoms with Gasteiger partial charge >= 0.3 is 0 Å². The van der Waals surface area contributed by atoms with Crippen molar-refractivity contribution in [1.29, 1.82) is 0 Å². The zero-order chi connectivity index (χ0) is 14.7. The average Bonchev–Trinajstić information content (AvgIpc) is 2.92. The van der Waals surface area contributed by atoms with Gasteiger partial charge in [0, 0.05) is 18.1 Å². The molecule has 0 saturated carbocycles. The van der Waals surface area contributed by atoms with Crippen LogP contribution in [0.3, 0.4) is 0 Å². The van der Waals surface area contributed by atoms with Gasteiger partial charge in [-0.2, -0.15) is 0 Å². The Morgan fingerprint density at radius 3 is 2.67 bits per heavy atom. The van der Waals surface area contributed by atoms with E-state index in [1.54, 1.807) is 12.1 Å². The molecule has 0 aromatic heterocycles. The molecule has 0 aliphatic carbocycles. The first-order valence-corrected chi connectivity index (χ1v) is 7.33. The number of hydrogen-bond acceptors (Lipinski definition) is 2. The Morgan fingerprint density at radius 1 is 1.14 bits per heavy atom. The van der Waals surface area contributed by atoms with Crippen LogP contribution in [-0.2, 0) is 6.42 Å². The summed E-state index contributed by atoms with van der Waals surface area (Å²) in [5, 5.41) is 9.64. The molecule has 2 unspecified atom stereocenters. The predicted molar refractivity (Wildman–Crippen MR) is 80.0 cm³/mol. The van der Waals surface area contributed by atoms with Crippen molar-refractivity contribution in [1.82, 2.24) is 0 Å². The number of aliphatic hydroxyl groups is 1. The highest BCUT2D eigenvalue weighted by Gasteiger charge is 2.26. The summed E-state index contributed by atoms with van der Waals surface area (Å²) in [7, 11) is 0. The van der Waals surface area contributed by atoms with E-state index < -0.39 is 0 Å². The summed E-state index contributed by atoms with van der Waals surface area (Å²) >= 11 is 0. The molecule has 0 spiro atoms. The summed E-state index contributed by atoms with van der Waals surface area (Å²) in [5.41, 5.74) is 2.29. The van der Waals surface area contributed by atoms with Crippen LogP contribution in [0.5, 0.6) is 5.75 Å². The Labute approximate surface area is 124 Å². The summed E-state index contributed by atoms with van der Waals surface area (Å²) in [6.07, 6.45) is 1.64. The van der Waals surface area contributed by atoms with Gasteiger partial charge in [-0.05, 0) is 42.5 Å². The van der Waals surface area contributed by atoms with E-state index in [1.165, 1.54) is 17.7 Å². The predicted octanol–water partition coefficient (Wildman–Crippen LogP) is 3.54. The molecule has 3 heteroatoms. The third-order valence-electron chi connectivity index (χ3n) is 4.11. The molecule has 2 aromatic carbocycles. The molecule has 0 bridgehead atoms. The second kappa shape index (κ2) is 6.27. The van der Waals surface area contributed by atoms with E-state index in [1.807, 2.05) is 18.2 Å². The maximum atomic E-state index is 12.9. The van der Waals surface area contributed by atoms with Crippen LogP contribution in [0.2, 0.25) is 0 Å². The Kier molecular flexibility index (Phi) is 4.20. The highest BCUT2D eigenvalue weighted by molar-refractivity contribution is 5.39. The topological polar surface area (TPSA) is 29.5 Å². The lowest BCUT2D eigenvalue weighted by molar-refractivity contribution is 0.203. The Hall–Kier alpha value is -1.87. The van der Waals surface area contributed by atoms with Crippen LogP contribution in [0.1, 0.15) is 23.5 Å². The number of halogens is 1. The smallest absolute Gasteiger partial charge is 0.123 e. The van der Waals surface area contributed by atoms with Crippen LogP contribution >= 0.6 is 0 Å². The molecule has 2 nitrogen and oxygen atoms in total. The number of hydrogen-bond donors (Lipinski definition) is 1. The quantitative estimate of drug-likeness (QED) is 0.911. The molecule has 0 fully saturated rings. The molecule has 2 aromatic rings. The van der Waals surface area contributed by atoms with Gasteiger partial charge in [-0.3, -0.25) is 0 Å². The molecule has 110 valence electrons. The number of rotatable bonds is 5. The first kappa shape index (κ1) is 14.1. The zero-order valence-electron chi connectivity index (χ0n) is 11.8. The minimum Gasteiger partial charge on any atom is -0.493 e. The van der Waals surface area contributed by atoms with Gasteiger partial charge in [0.2, 0.25) is 0 Å². The number of aliphatic hydroxyl groups excluding tert-OH is 1. The third-order valence-corrected chi connectivity index (χ3v) is 4.11. The van der Waals surface area contributed by atoms with Crippen molar-refractivity contribution >= 4 is 0 Å². The minimum atomic E-state index is -0.225. The highest BCUT2D eigenvalue weighted by Crippen LogP contribution is 2.37. The monoisotopic (exact) mass is 286 g/mol. The third kappa shape index (κ3) is 3.24. The van der Waals surface area contributed by atoms with Crippen LogP contribution in [0.15, 0.2) is 48.5 Å². The molecule has 0 amide bonds. The van der Waals surface area contributed by atoms with Crippen molar-refractivity contribution in [3.8, 4) is 5.75 Å². The normalized spacial score (nSPS) is 18.1. The van der Waals surface area contributed by atoms with Crippen molar-refractivity contribution in [3.63, 3.8) is 0 Å². The Balaban J connectivity index is 1.67. The summed E-state index contributed by atoms with van der Waals surface area (Å²) in [6, 6.07) is 14.6. The fourth-order valence-corrected chi connectivity index (χ4v) is 3.00. The Bertz CT molecular complexity index is 594. The molecular formula is C18H19FO2. The van der Waals surface area contributed by atoms with Gasteiger partial charge in [-0.1, -0.05) is 30.3 Å². The average molecular weight is 286 g/mol. The maximum absolute atomic E-state index is 12.9. The highest BCUT2D eigenvalue weighted by atomic mass is 19.1. The summed E-state index contributed by atoms with van der Waals surface area (Å²) in [6.45, 7) is 0.815. The van der Waals surface area contributed by atoms with Gasteiger partial charge in [0.1, 0.15) is 11.6 Å². The lowest BCUT2D eigenvalue weighted by Crippen LogP contribution is -2.15. The molecule has 3 rings (SSSR count).